The molecule has 0 saturated heterocycles. The lowest BCUT2D eigenvalue weighted by Gasteiger charge is -2.22. The highest BCUT2D eigenvalue weighted by atomic mass is 16.3. The Labute approximate surface area is 188 Å². The Morgan fingerprint density at radius 1 is 0.844 bits per heavy atom. The van der Waals surface area contributed by atoms with Gasteiger partial charge in [0.2, 0.25) is 0 Å². The van der Waals surface area contributed by atoms with Crippen LogP contribution >= 0.6 is 0 Å². The number of nitrogen functional groups attached to an aromatic ring is 1. The van der Waals surface area contributed by atoms with Crippen LogP contribution in [0.2, 0.25) is 0 Å². The molecule has 0 heterocycles. The number of hydrogen-bond acceptors (Lipinski definition) is 4. The number of anilines is 1. The number of allylic oxidation sites excluding steroid dienone is 2. The molecule has 0 spiro atoms. The quantitative estimate of drug-likeness (QED) is 0.325. The number of phenols is 1. The Hall–Kier alpha value is -3.66. The predicted molar refractivity (Wildman–Crippen MR) is 132 cm³/mol. The molecule has 3 aromatic carbocycles. The van der Waals surface area contributed by atoms with Crippen LogP contribution in [-0.4, -0.2) is 16.6 Å². The fourth-order valence-electron chi connectivity index (χ4n) is 4.33. The molecule has 0 saturated carbocycles. The first-order valence-corrected chi connectivity index (χ1v) is 11.1. The van der Waals surface area contributed by atoms with Crippen molar-refractivity contribution in [1.29, 1.82) is 5.41 Å². The number of hydrogen-bond donors (Lipinski definition) is 3. The first-order chi connectivity index (χ1) is 15.4. The van der Waals surface area contributed by atoms with Crippen LogP contribution in [0.5, 0.6) is 5.75 Å². The van der Waals surface area contributed by atoms with Crippen molar-refractivity contribution in [3.05, 3.63) is 88.5 Å². The molecule has 0 unspecified atom stereocenters. The number of ketones is 1. The molecule has 4 rings (SSSR count). The largest absolute Gasteiger partial charge is 0.507 e. The molecule has 0 bridgehead atoms. The molecule has 32 heavy (non-hydrogen) atoms. The Kier molecular flexibility index (Phi) is 5.95. The van der Waals surface area contributed by atoms with Crippen LogP contribution in [0.3, 0.4) is 0 Å². The van der Waals surface area contributed by atoms with Gasteiger partial charge in [-0.1, -0.05) is 75.2 Å². The van der Waals surface area contributed by atoms with Crippen molar-refractivity contribution in [2.75, 3.05) is 5.73 Å². The van der Waals surface area contributed by atoms with Crippen LogP contribution in [0.25, 0.3) is 16.7 Å². The number of fused-ring (bicyclic) bond motifs is 1. The molecule has 4 heteroatoms. The predicted octanol–water partition coefficient (Wildman–Crippen LogP) is 6.19. The molecule has 0 amide bonds. The van der Waals surface area contributed by atoms with Gasteiger partial charge in [-0.25, -0.2) is 0 Å². The van der Waals surface area contributed by atoms with E-state index in [9.17, 15) is 9.90 Å². The van der Waals surface area contributed by atoms with Gasteiger partial charge in [-0.3, -0.25) is 4.79 Å². The van der Waals surface area contributed by atoms with E-state index in [4.69, 9.17) is 11.1 Å². The maximum absolute atomic E-state index is 13.4. The van der Waals surface area contributed by atoms with Crippen molar-refractivity contribution in [2.45, 2.75) is 39.5 Å². The van der Waals surface area contributed by atoms with Gasteiger partial charge in [0.25, 0.3) is 0 Å². The maximum Gasteiger partial charge on any atom is 0.196 e. The molecule has 0 aliphatic heterocycles. The van der Waals surface area contributed by atoms with E-state index >= 15 is 0 Å². The molecular formula is C28H28N2O2. The SMILES string of the molecule is CCCc1ccc(C2=CC(=N)c3c(O)c(-c4ccc(CCC)cc4)cc(N)c3C2=O)cc1. The average molecular weight is 425 g/mol. The second kappa shape index (κ2) is 8.83. The van der Waals surface area contributed by atoms with Crippen molar-refractivity contribution < 1.29 is 9.90 Å². The molecule has 4 N–H and O–H groups in total. The highest BCUT2D eigenvalue weighted by molar-refractivity contribution is 6.41. The Morgan fingerprint density at radius 3 is 1.91 bits per heavy atom. The number of carbonyl (C=O) groups is 1. The fraction of sp³-hybridized carbons (Fsp3) is 0.214. The van der Waals surface area contributed by atoms with E-state index in [1.165, 1.54) is 17.2 Å². The van der Waals surface area contributed by atoms with Crippen LogP contribution in [0, 0.1) is 5.41 Å². The lowest BCUT2D eigenvalue weighted by atomic mass is 9.82. The third-order valence-corrected chi connectivity index (χ3v) is 5.97. The summed E-state index contributed by atoms with van der Waals surface area (Å²) in [6.45, 7) is 4.26. The Balaban J connectivity index is 1.76. The summed E-state index contributed by atoms with van der Waals surface area (Å²) in [6, 6.07) is 17.4. The molecule has 4 nitrogen and oxygen atoms in total. The monoisotopic (exact) mass is 424 g/mol. The minimum Gasteiger partial charge on any atom is -0.507 e. The van der Waals surface area contributed by atoms with Gasteiger partial charge in [0.15, 0.2) is 5.78 Å². The smallest absolute Gasteiger partial charge is 0.196 e. The number of phenolic OH excluding ortho intramolecular Hbond substituents is 1. The molecule has 0 radical (unpaired) electrons. The summed E-state index contributed by atoms with van der Waals surface area (Å²) in [7, 11) is 0. The summed E-state index contributed by atoms with van der Waals surface area (Å²) >= 11 is 0. The topological polar surface area (TPSA) is 87.2 Å². The molecule has 0 atom stereocenters. The van der Waals surface area contributed by atoms with Crippen molar-refractivity contribution in [2.24, 2.45) is 0 Å². The lowest BCUT2D eigenvalue weighted by Crippen LogP contribution is -2.19. The van der Waals surface area contributed by atoms with Gasteiger partial charge in [0, 0.05) is 16.8 Å². The zero-order valence-corrected chi connectivity index (χ0v) is 18.5. The zero-order valence-electron chi connectivity index (χ0n) is 18.5. The van der Waals surface area contributed by atoms with E-state index in [1.807, 2.05) is 48.5 Å². The van der Waals surface area contributed by atoms with E-state index in [0.29, 0.717) is 11.1 Å². The van der Waals surface area contributed by atoms with Gasteiger partial charge in [-0.2, -0.15) is 0 Å². The number of aromatic hydroxyl groups is 1. The summed E-state index contributed by atoms with van der Waals surface area (Å²) in [4.78, 5) is 13.4. The summed E-state index contributed by atoms with van der Waals surface area (Å²) in [5, 5.41) is 19.6. The van der Waals surface area contributed by atoms with Crippen LogP contribution in [0.15, 0.2) is 60.7 Å². The first kappa shape index (κ1) is 21.6. The molecule has 1 aliphatic carbocycles. The normalized spacial score (nSPS) is 13.1. The number of benzene rings is 3. The molecule has 0 aromatic heterocycles. The van der Waals surface area contributed by atoms with E-state index in [1.54, 1.807) is 6.07 Å². The third-order valence-electron chi connectivity index (χ3n) is 5.97. The molecular weight excluding hydrogens is 396 g/mol. The van der Waals surface area contributed by atoms with Crippen molar-refractivity contribution in [3.63, 3.8) is 0 Å². The van der Waals surface area contributed by atoms with Gasteiger partial charge < -0.3 is 16.2 Å². The third kappa shape index (κ3) is 3.84. The second-order valence-electron chi connectivity index (χ2n) is 8.31. The summed E-state index contributed by atoms with van der Waals surface area (Å²) < 4.78 is 0. The van der Waals surface area contributed by atoms with Gasteiger partial charge in [0.05, 0.1) is 16.8 Å². The fourth-order valence-corrected chi connectivity index (χ4v) is 4.33. The maximum atomic E-state index is 13.4. The molecule has 3 aromatic rings. The zero-order chi connectivity index (χ0) is 22.8. The van der Waals surface area contributed by atoms with Gasteiger partial charge in [-0.05, 0) is 47.2 Å². The Bertz CT molecular complexity index is 1220. The van der Waals surface area contributed by atoms with Gasteiger partial charge >= 0.3 is 0 Å². The highest BCUT2D eigenvalue weighted by Crippen LogP contribution is 2.42. The summed E-state index contributed by atoms with van der Waals surface area (Å²) in [5.41, 5.74) is 12.0. The van der Waals surface area contributed by atoms with Crippen LogP contribution in [0.1, 0.15) is 59.3 Å². The molecule has 1 aliphatic rings. The second-order valence-corrected chi connectivity index (χ2v) is 8.31. The Morgan fingerprint density at radius 2 is 1.38 bits per heavy atom. The number of Topliss-reactive ketones (excluding diaryl/α,β-unsaturated/α-hetero) is 1. The lowest BCUT2D eigenvalue weighted by molar-refractivity contribution is 0.105. The number of aryl methyl sites for hydroxylation is 2. The van der Waals surface area contributed by atoms with E-state index in [-0.39, 0.29) is 34.1 Å². The van der Waals surface area contributed by atoms with Crippen molar-refractivity contribution in [3.8, 4) is 16.9 Å². The standard InChI is InChI=1S/C28H28N2O2/c1-3-5-17-7-11-19(12-8-17)21-15-23(29)26-25(27(21)31)24(30)16-22(28(26)32)20-13-9-18(6-4-2)10-14-20/h7-16,29,32H,3-6,30H2,1-2H3. The minimum atomic E-state index is -0.267. The van der Waals surface area contributed by atoms with E-state index in [0.717, 1.165) is 36.8 Å². The number of nitrogens with one attached hydrogen (secondary N) is 1. The summed E-state index contributed by atoms with van der Waals surface area (Å²) in [6.07, 6.45) is 5.62. The van der Waals surface area contributed by atoms with Crippen LogP contribution in [0.4, 0.5) is 5.69 Å². The van der Waals surface area contributed by atoms with Crippen LogP contribution in [-0.2, 0) is 12.8 Å². The minimum absolute atomic E-state index is 0.0793. The highest BCUT2D eigenvalue weighted by Gasteiger charge is 2.31. The van der Waals surface area contributed by atoms with E-state index < -0.39 is 0 Å². The number of nitrogens with two attached hydrogens (primary N) is 1. The van der Waals surface area contributed by atoms with Gasteiger partial charge in [0.1, 0.15) is 5.75 Å². The molecule has 0 fully saturated rings. The average Bonchev–Trinajstić information content (AvgIpc) is 2.79. The van der Waals surface area contributed by atoms with E-state index in [2.05, 4.69) is 13.8 Å². The summed E-state index contributed by atoms with van der Waals surface area (Å²) in [5.74, 6) is -0.346. The first-order valence-electron chi connectivity index (χ1n) is 11.1. The van der Waals surface area contributed by atoms with Crippen molar-refractivity contribution >= 4 is 22.8 Å². The van der Waals surface area contributed by atoms with Crippen molar-refractivity contribution in [1.82, 2.24) is 0 Å². The van der Waals surface area contributed by atoms with Crippen LogP contribution < -0.4 is 5.73 Å². The number of carbonyl (C=O) groups excluding carboxylic acids is 1. The number of rotatable bonds is 6. The van der Waals surface area contributed by atoms with Gasteiger partial charge in [-0.15, -0.1) is 0 Å². The molecule has 162 valence electrons.